The van der Waals surface area contributed by atoms with Crippen LogP contribution in [-0.2, 0) is 12.4 Å². The van der Waals surface area contributed by atoms with E-state index in [-0.39, 0.29) is 12.4 Å². The summed E-state index contributed by atoms with van der Waals surface area (Å²) in [6.07, 6.45) is 0. The number of benzene rings is 3. The van der Waals surface area contributed by atoms with E-state index in [4.69, 9.17) is 10.00 Å². The fourth-order valence-electron chi connectivity index (χ4n) is 2.91. The molecule has 4 aromatic rings. The number of ether oxygens (including phenoxy) is 1. The lowest BCUT2D eigenvalue weighted by molar-refractivity contribution is 0.278. The van der Waals surface area contributed by atoms with Crippen LogP contribution in [0, 0.1) is 17.1 Å². The highest BCUT2D eigenvalue weighted by molar-refractivity contribution is 7.98. The fraction of sp³-hybridized carbons (Fsp3) is 0.0870. The Morgan fingerprint density at radius 3 is 2.57 bits per heavy atom. The third-order valence-corrected chi connectivity index (χ3v) is 5.33. The van der Waals surface area contributed by atoms with Crippen molar-refractivity contribution in [2.75, 3.05) is 0 Å². The molecule has 0 fully saturated rings. The summed E-state index contributed by atoms with van der Waals surface area (Å²) < 4.78 is 21.4. The summed E-state index contributed by atoms with van der Waals surface area (Å²) in [5.74, 6) is 0.949. The highest BCUT2D eigenvalue weighted by Crippen LogP contribution is 2.26. The maximum absolute atomic E-state index is 13.9. The first-order chi connectivity index (χ1) is 14.7. The molecular weight excluding hydrogens is 399 g/mol. The van der Waals surface area contributed by atoms with E-state index in [0.29, 0.717) is 22.3 Å². The van der Waals surface area contributed by atoms with Gasteiger partial charge in [-0.1, -0.05) is 54.2 Å². The average molecular weight is 416 g/mol. The molecule has 1 heterocycles. The Morgan fingerprint density at radius 2 is 1.77 bits per heavy atom. The molecular formula is C23H17FN4OS. The fourth-order valence-corrected chi connectivity index (χ4v) is 3.82. The SMILES string of the molecule is N#Cc1cccc(CSc2nnc(COc3ccccc3F)n2-c2ccccc2)c1. The van der Waals surface area contributed by atoms with E-state index in [1.165, 1.54) is 17.8 Å². The van der Waals surface area contributed by atoms with E-state index >= 15 is 0 Å². The molecule has 4 rings (SSSR count). The molecule has 5 nitrogen and oxygen atoms in total. The molecule has 0 spiro atoms. The first kappa shape index (κ1) is 19.7. The monoisotopic (exact) mass is 416 g/mol. The average Bonchev–Trinajstić information content (AvgIpc) is 3.20. The number of nitrogens with zero attached hydrogens (tertiary/aromatic N) is 4. The van der Waals surface area contributed by atoms with Gasteiger partial charge in [0.25, 0.3) is 0 Å². The van der Waals surface area contributed by atoms with E-state index in [1.54, 1.807) is 24.3 Å². The van der Waals surface area contributed by atoms with Gasteiger partial charge in [-0.15, -0.1) is 10.2 Å². The van der Waals surface area contributed by atoms with E-state index < -0.39 is 5.82 Å². The van der Waals surface area contributed by atoms with Crippen LogP contribution in [0.15, 0.2) is 84.0 Å². The maximum atomic E-state index is 13.9. The zero-order chi connectivity index (χ0) is 20.8. The highest BCUT2D eigenvalue weighted by atomic mass is 32.2. The number of hydrogen-bond acceptors (Lipinski definition) is 5. The third-order valence-electron chi connectivity index (χ3n) is 4.33. The molecule has 3 aromatic carbocycles. The van der Waals surface area contributed by atoms with Crippen LogP contribution in [-0.4, -0.2) is 14.8 Å². The van der Waals surface area contributed by atoms with Crippen molar-refractivity contribution in [2.24, 2.45) is 0 Å². The largest absolute Gasteiger partial charge is 0.483 e. The van der Waals surface area contributed by atoms with Crippen LogP contribution < -0.4 is 4.74 Å². The minimum atomic E-state index is -0.421. The van der Waals surface area contributed by atoms with Gasteiger partial charge in [0.2, 0.25) is 0 Å². The normalized spacial score (nSPS) is 10.5. The predicted molar refractivity (Wildman–Crippen MR) is 113 cm³/mol. The quantitative estimate of drug-likeness (QED) is 0.390. The van der Waals surface area contributed by atoms with Gasteiger partial charge in [-0.25, -0.2) is 4.39 Å². The molecule has 0 atom stereocenters. The Morgan fingerprint density at radius 1 is 0.967 bits per heavy atom. The molecule has 1 aromatic heterocycles. The van der Waals surface area contributed by atoms with Gasteiger partial charge in [0.1, 0.15) is 6.61 Å². The maximum Gasteiger partial charge on any atom is 0.196 e. The number of halogens is 1. The van der Waals surface area contributed by atoms with Crippen molar-refractivity contribution in [3.05, 3.63) is 102 Å². The van der Waals surface area contributed by atoms with Crippen LogP contribution in [0.2, 0.25) is 0 Å². The lowest BCUT2D eigenvalue weighted by Crippen LogP contribution is -2.07. The lowest BCUT2D eigenvalue weighted by Gasteiger charge is -2.11. The molecule has 0 saturated heterocycles. The molecule has 0 bridgehead atoms. The van der Waals surface area contributed by atoms with Crippen molar-refractivity contribution in [3.63, 3.8) is 0 Å². The first-order valence-corrected chi connectivity index (χ1v) is 10.2. The number of rotatable bonds is 7. The Bertz CT molecular complexity index is 1190. The number of para-hydroxylation sites is 2. The molecule has 0 N–H and O–H groups in total. The van der Waals surface area contributed by atoms with Crippen LogP contribution in [0.1, 0.15) is 17.0 Å². The van der Waals surface area contributed by atoms with Crippen LogP contribution in [0.4, 0.5) is 4.39 Å². The number of hydrogen-bond donors (Lipinski definition) is 0. The van der Waals surface area contributed by atoms with Crippen molar-refractivity contribution in [3.8, 4) is 17.5 Å². The molecule has 0 amide bonds. The molecule has 0 aliphatic heterocycles. The first-order valence-electron chi connectivity index (χ1n) is 9.23. The van der Waals surface area contributed by atoms with Crippen molar-refractivity contribution >= 4 is 11.8 Å². The Hall–Kier alpha value is -3.63. The molecule has 0 radical (unpaired) electrons. The van der Waals surface area contributed by atoms with E-state index in [9.17, 15) is 4.39 Å². The molecule has 0 unspecified atom stereocenters. The summed E-state index contributed by atoms with van der Waals surface area (Å²) in [4.78, 5) is 0. The Kier molecular flexibility index (Phi) is 6.06. The molecule has 0 aliphatic rings. The summed E-state index contributed by atoms with van der Waals surface area (Å²) in [5, 5.41) is 18.4. The summed E-state index contributed by atoms with van der Waals surface area (Å²) in [6, 6.07) is 25.6. The number of nitriles is 1. The smallest absolute Gasteiger partial charge is 0.196 e. The lowest BCUT2D eigenvalue weighted by atomic mass is 10.2. The van der Waals surface area contributed by atoms with E-state index in [2.05, 4.69) is 16.3 Å². The second kappa shape index (κ2) is 9.25. The van der Waals surface area contributed by atoms with Gasteiger partial charge in [-0.2, -0.15) is 5.26 Å². The summed E-state index contributed by atoms with van der Waals surface area (Å²) in [7, 11) is 0. The minimum absolute atomic E-state index is 0.0767. The molecule has 0 saturated carbocycles. The van der Waals surface area contributed by atoms with E-state index in [1.807, 2.05) is 53.1 Å². The Labute approximate surface area is 177 Å². The zero-order valence-corrected chi connectivity index (χ0v) is 16.7. The van der Waals surface area contributed by atoms with E-state index in [0.717, 1.165) is 11.3 Å². The van der Waals surface area contributed by atoms with Crippen LogP contribution >= 0.6 is 11.8 Å². The minimum Gasteiger partial charge on any atom is -0.483 e. The molecule has 7 heteroatoms. The standard InChI is InChI=1S/C23H17FN4OS/c24-20-11-4-5-12-21(20)29-15-22-26-27-23(28(22)19-9-2-1-3-10-19)30-16-18-8-6-7-17(13-18)14-25/h1-13H,15-16H2. The van der Waals surface area contributed by atoms with Crippen molar-refractivity contribution in [1.29, 1.82) is 5.26 Å². The Balaban J connectivity index is 1.59. The van der Waals surface area contributed by atoms with Gasteiger partial charge < -0.3 is 4.74 Å². The molecule has 30 heavy (non-hydrogen) atoms. The van der Waals surface area contributed by atoms with Crippen LogP contribution in [0.3, 0.4) is 0 Å². The van der Waals surface area contributed by atoms with Crippen LogP contribution in [0.5, 0.6) is 5.75 Å². The van der Waals surface area contributed by atoms with Gasteiger partial charge in [-0.3, -0.25) is 4.57 Å². The summed E-state index contributed by atoms with van der Waals surface area (Å²) in [6.45, 7) is 0.0767. The second-order valence-electron chi connectivity index (χ2n) is 6.39. The van der Waals surface area contributed by atoms with Crippen molar-refractivity contribution in [1.82, 2.24) is 14.8 Å². The van der Waals surface area contributed by atoms with Crippen LogP contribution in [0.25, 0.3) is 5.69 Å². The summed E-state index contributed by atoms with van der Waals surface area (Å²) >= 11 is 1.51. The van der Waals surface area contributed by atoms with Gasteiger partial charge in [-0.05, 0) is 42.0 Å². The van der Waals surface area contributed by atoms with Gasteiger partial charge >= 0.3 is 0 Å². The van der Waals surface area contributed by atoms with Crippen molar-refractivity contribution in [2.45, 2.75) is 17.5 Å². The van der Waals surface area contributed by atoms with Gasteiger partial charge in [0.05, 0.1) is 11.6 Å². The van der Waals surface area contributed by atoms with Crippen molar-refractivity contribution < 1.29 is 9.13 Å². The topological polar surface area (TPSA) is 63.7 Å². The van der Waals surface area contributed by atoms with Gasteiger partial charge in [0.15, 0.2) is 22.5 Å². The predicted octanol–water partition coefficient (Wildman–Crippen LogP) is 5.15. The number of aromatic nitrogens is 3. The van der Waals surface area contributed by atoms with Gasteiger partial charge in [0, 0.05) is 11.4 Å². The molecule has 0 aliphatic carbocycles. The highest BCUT2D eigenvalue weighted by Gasteiger charge is 2.16. The summed E-state index contributed by atoms with van der Waals surface area (Å²) in [5.41, 5.74) is 2.53. The number of thioether (sulfide) groups is 1. The molecule has 148 valence electrons. The third kappa shape index (κ3) is 4.50. The zero-order valence-electron chi connectivity index (χ0n) is 15.9. The second-order valence-corrected chi connectivity index (χ2v) is 7.33.